The largest absolute Gasteiger partial charge is 0.506 e. The number of carboxylic acids is 1. The van der Waals surface area contributed by atoms with Gasteiger partial charge in [-0.25, -0.2) is 4.79 Å². The van der Waals surface area contributed by atoms with Gasteiger partial charge in [0.05, 0.1) is 16.6 Å². The number of carbonyl (C=O) groups is 3. The zero-order valence-electron chi connectivity index (χ0n) is 22.1. The summed E-state index contributed by atoms with van der Waals surface area (Å²) in [6.45, 7) is 4.13. The molecule has 4 N–H and O–H groups in total. The molecule has 2 heterocycles. The lowest BCUT2D eigenvalue weighted by atomic mass is 9.51. The summed E-state index contributed by atoms with van der Waals surface area (Å²) in [7, 11) is 0. The van der Waals surface area contributed by atoms with Gasteiger partial charge in [0.2, 0.25) is 5.91 Å². The Labute approximate surface area is 244 Å². The quantitative estimate of drug-likeness (QED) is 0.270. The second-order valence-corrected chi connectivity index (χ2v) is 14.0. The number of anilines is 1. The Morgan fingerprint density at radius 3 is 2.67 bits per heavy atom. The van der Waals surface area contributed by atoms with Gasteiger partial charge in [-0.2, -0.15) is 0 Å². The summed E-state index contributed by atoms with van der Waals surface area (Å²) in [5.41, 5.74) is -2.07. The Morgan fingerprint density at radius 2 is 1.98 bits per heavy atom. The molecule has 40 heavy (non-hydrogen) atoms. The number of thioether (sulfide) groups is 1. The second-order valence-electron chi connectivity index (χ2n) is 12.0. The molecule has 0 aromatic heterocycles. The van der Waals surface area contributed by atoms with E-state index >= 15 is 0 Å². The number of halogens is 1. The number of nitrogens with one attached hydrogen (secondary N) is 1. The maximum Gasteiger partial charge on any atom is 0.339 e. The normalized spacial score (nSPS) is 33.5. The fraction of sp³-hybridized carbons (Fsp3) is 0.433. The van der Waals surface area contributed by atoms with Crippen LogP contribution in [0.4, 0.5) is 5.69 Å². The molecular weight excluding hydrogens is 598 g/mol. The average molecular weight is 629 g/mol. The number of aromatic carboxylic acids is 1. The Bertz CT molecular complexity index is 1490. The van der Waals surface area contributed by atoms with E-state index in [-0.39, 0.29) is 47.4 Å². The molecule has 7 rings (SSSR count). The van der Waals surface area contributed by atoms with E-state index in [1.54, 1.807) is 0 Å². The first-order valence-corrected chi connectivity index (χ1v) is 14.9. The highest BCUT2D eigenvalue weighted by Crippen LogP contribution is 2.72. The predicted octanol–water partition coefficient (Wildman–Crippen LogP) is 6.12. The molecule has 2 aromatic rings. The number of ketones is 1. The zero-order chi connectivity index (χ0) is 28.6. The molecule has 210 valence electrons. The first kappa shape index (κ1) is 27.4. The summed E-state index contributed by atoms with van der Waals surface area (Å²) in [4.78, 5) is 40.4. The first-order chi connectivity index (χ1) is 18.8. The third kappa shape index (κ3) is 4.18. The fourth-order valence-corrected chi connectivity index (χ4v) is 9.71. The molecular formula is C30H30BrNO7S. The molecule has 10 heteroatoms. The molecule has 1 amide bonds. The maximum atomic E-state index is 14.3. The highest BCUT2D eigenvalue weighted by atomic mass is 79.9. The number of hydrogen-bond donors (Lipinski definition) is 4. The van der Waals surface area contributed by atoms with Crippen molar-refractivity contribution >= 4 is 51.0 Å². The molecule has 1 spiro atoms. The summed E-state index contributed by atoms with van der Waals surface area (Å²) in [5, 5.41) is 32.3. The Kier molecular flexibility index (Phi) is 6.40. The van der Waals surface area contributed by atoms with Crippen LogP contribution < -0.4 is 5.32 Å². The lowest BCUT2D eigenvalue weighted by Gasteiger charge is -2.56. The molecule has 3 aliphatic carbocycles. The van der Waals surface area contributed by atoms with Crippen molar-refractivity contribution in [2.45, 2.75) is 62.6 Å². The smallest absolute Gasteiger partial charge is 0.339 e. The predicted molar refractivity (Wildman–Crippen MR) is 152 cm³/mol. The van der Waals surface area contributed by atoms with Crippen molar-refractivity contribution < 1.29 is 34.4 Å². The third-order valence-corrected chi connectivity index (χ3v) is 11.0. The highest BCUT2D eigenvalue weighted by molar-refractivity contribution is 9.10. The van der Waals surface area contributed by atoms with Crippen LogP contribution in [0.2, 0.25) is 0 Å². The molecule has 4 bridgehead atoms. The summed E-state index contributed by atoms with van der Waals surface area (Å²) in [6.07, 6.45) is 5.01. The van der Waals surface area contributed by atoms with Gasteiger partial charge in [-0.05, 0) is 74.3 Å². The van der Waals surface area contributed by atoms with E-state index in [4.69, 9.17) is 4.74 Å². The van der Waals surface area contributed by atoms with E-state index in [9.17, 15) is 29.7 Å². The van der Waals surface area contributed by atoms with Gasteiger partial charge in [-0.3, -0.25) is 9.59 Å². The Morgan fingerprint density at radius 1 is 1.20 bits per heavy atom. The van der Waals surface area contributed by atoms with Gasteiger partial charge in [-0.1, -0.05) is 46.8 Å². The number of aromatic hydroxyl groups is 2. The summed E-state index contributed by atoms with van der Waals surface area (Å²) in [6, 6.07) is 10.00. The van der Waals surface area contributed by atoms with Gasteiger partial charge in [0, 0.05) is 27.1 Å². The molecule has 0 unspecified atom stereocenters. The minimum atomic E-state index is -1.39. The van der Waals surface area contributed by atoms with E-state index < -0.39 is 34.4 Å². The summed E-state index contributed by atoms with van der Waals surface area (Å²) >= 11 is 4.97. The van der Waals surface area contributed by atoms with Crippen LogP contribution in [0, 0.1) is 22.7 Å². The van der Waals surface area contributed by atoms with Gasteiger partial charge >= 0.3 is 5.97 Å². The number of carbonyl (C=O) groups excluding carboxylic acids is 2. The van der Waals surface area contributed by atoms with Crippen LogP contribution in [0.5, 0.6) is 11.5 Å². The van der Waals surface area contributed by atoms with Crippen LogP contribution in [0.15, 0.2) is 56.7 Å². The average Bonchev–Trinajstić information content (AvgIpc) is 3.24. The van der Waals surface area contributed by atoms with E-state index in [1.165, 1.54) is 11.8 Å². The number of carboxylic acid groups (broad SMARTS) is 1. The van der Waals surface area contributed by atoms with Crippen molar-refractivity contribution in [1.29, 1.82) is 0 Å². The minimum absolute atomic E-state index is 0.0120. The van der Waals surface area contributed by atoms with Gasteiger partial charge in [0.15, 0.2) is 11.5 Å². The number of phenolic OH excluding ortho intramolecular Hbond substituents is 1. The third-order valence-electron chi connectivity index (χ3n) is 9.49. The second kappa shape index (κ2) is 9.36. The van der Waals surface area contributed by atoms with Gasteiger partial charge in [0.1, 0.15) is 17.0 Å². The number of hydrogen-bond acceptors (Lipinski definition) is 7. The van der Waals surface area contributed by atoms with Gasteiger partial charge in [-0.15, -0.1) is 0 Å². The minimum Gasteiger partial charge on any atom is -0.506 e. The van der Waals surface area contributed by atoms with Crippen LogP contribution in [0.3, 0.4) is 0 Å². The van der Waals surface area contributed by atoms with E-state index in [0.717, 1.165) is 40.8 Å². The molecule has 0 radical (unpaired) electrons. The fourth-order valence-electron chi connectivity index (χ4n) is 7.95. The number of benzene rings is 2. The first-order valence-electron chi connectivity index (χ1n) is 13.3. The molecule has 4 fully saturated rings. The van der Waals surface area contributed by atoms with E-state index in [0.29, 0.717) is 10.8 Å². The molecule has 2 aliphatic heterocycles. The Hall–Kier alpha value is -2.82. The van der Waals surface area contributed by atoms with Crippen molar-refractivity contribution in [2.24, 2.45) is 22.7 Å². The van der Waals surface area contributed by atoms with Crippen LogP contribution in [-0.2, 0) is 14.3 Å². The number of amides is 1. The Balaban J connectivity index is 1.30. The lowest BCUT2D eigenvalue weighted by Crippen LogP contribution is -2.57. The van der Waals surface area contributed by atoms with Crippen LogP contribution in [-0.4, -0.2) is 44.7 Å². The van der Waals surface area contributed by atoms with Crippen molar-refractivity contribution in [2.75, 3.05) is 5.32 Å². The topological polar surface area (TPSA) is 133 Å². The highest BCUT2D eigenvalue weighted by Gasteiger charge is 2.72. The molecule has 8 nitrogen and oxygen atoms in total. The summed E-state index contributed by atoms with van der Waals surface area (Å²) < 4.78 is 7.50. The summed E-state index contributed by atoms with van der Waals surface area (Å²) in [5.74, 6) is -2.74. The number of Topliss-reactive ketones (excluding diaryl/α,β-unsaturated/α-hetero) is 1. The van der Waals surface area contributed by atoms with Gasteiger partial charge < -0.3 is 25.4 Å². The molecule has 6 atom stereocenters. The van der Waals surface area contributed by atoms with Crippen molar-refractivity contribution in [3.63, 3.8) is 0 Å². The van der Waals surface area contributed by atoms with Gasteiger partial charge in [0.25, 0.3) is 0 Å². The number of rotatable bonds is 7. The number of ether oxygens (including phenoxy) is 1. The zero-order valence-corrected chi connectivity index (χ0v) is 24.5. The molecule has 2 saturated heterocycles. The van der Waals surface area contributed by atoms with Crippen molar-refractivity contribution in [3.05, 3.63) is 57.4 Å². The molecule has 5 aliphatic rings. The van der Waals surface area contributed by atoms with E-state index in [1.807, 2.05) is 31.2 Å². The standard InChI is InChI=1S/C30H30BrNO7S/c1-28(9-8-22(34)32-23-19(33)7-6-18(24(23)35)27(37)38)25-20-10-15-12-30(25,14-29(15,2)39-20)13-21(26(28)36)40-17-5-3-4-16(31)11-17/h3-7,11,13,15,20,25,33,35H,8-10,12,14H2,1-2H3,(H,32,34)(H,37,38)/t15-,20+,25+,28+,29+,30-/m1/s1. The van der Waals surface area contributed by atoms with Crippen LogP contribution >= 0.6 is 27.7 Å². The van der Waals surface area contributed by atoms with Crippen molar-refractivity contribution in [1.82, 2.24) is 0 Å². The number of allylic oxidation sites excluding steroid dienone is 2. The van der Waals surface area contributed by atoms with Crippen LogP contribution in [0.1, 0.15) is 56.3 Å². The number of phenols is 2. The molecule has 2 saturated carbocycles. The maximum absolute atomic E-state index is 14.3. The lowest BCUT2D eigenvalue weighted by molar-refractivity contribution is -0.169. The monoisotopic (exact) mass is 627 g/mol. The SMILES string of the molecule is C[C@]12C[C@@]34C=C(Sc5cccc(Br)c5)C(=O)[C@@](C)(CCC(=O)Nc5c(O)ccc(C(=O)O)c5O)[C@@H]3[C@H](C[C@@H]1C4)O2. The van der Waals surface area contributed by atoms with Crippen molar-refractivity contribution in [3.8, 4) is 11.5 Å². The van der Waals surface area contributed by atoms with E-state index in [2.05, 4.69) is 34.2 Å². The van der Waals surface area contributed by atoms with Crippen LogP contribution in [0.25, 0.3) is 0 Å². The molecule has 2 aromatic carbocycles.